The molecule has 4 aromatic carbocycles. The van der Waals surface area contributed by atoms with Crippen LogP contribution in [0.5, 0.6) is 0 Å². The van der Waals surface area contributed by atoms with Crippen LogP contribution in [0.3, 0.4) is 0 Å². The van der Waals surface area contributed by atoms with Gasteiger partial charge in [0.15, 0.2) is 0 Å². The second-order valence-corrected chi connectivity index (χ2v) is 8.74. The van der Waals surface area contributed by atoms with Gasteiger partial charge in [0.1, 0.15) is 0 Å². The normalized spacial score (nSPS) is 10.9. The monoisotopic (exact) mass is 582 g/mol. The summed E-state index contributed by atoms with van der Waals surface area (Å²) in [6, 6.07) is 32.2. The summed E-state index contributed by atoms with van der Waals surface area (Å²) in [6.45, 7) is 0. The molecule has 4 rings (SSSR count). The summed E-state index contributed by atoms with van der Waals surface area (Å²) in [5, 5.41) is 2.36. The quantitative estimate of drug-likeness (QED) is 0.198. The van der Waals surface area contributed by atoms with Gasteiger partial charge in [-0.3, -0.25) is 0 Å². The van der Waals surface area contributed by atoms with Crippen molar-refractivity contribution in [1.29, 1.82) is 0 Å². The smallest absolute Gasteiger partial charge is 0.0295 e. The lowest BCUT2D eigenvalue weighted by Gasteiger charge is -2.26. The summed E-state index contributed by atoms with van der Waals surface area (Å²) in [5.41, 5.74) is 11.7. The second kappa shape index (κ2) is 10.1. The third-order valence-corrected chi connectivity index (χ3v) is 7.08. The van der Waals surface area contributed by atoms with Crippen molar-refractivity contribution in [2.24, 2.45) is 0 Å². The predicted molar refractivity (Wildman–Crippen MR) is 141 cm³/mol. The van der Waals surface area contributed by atoms with Crippen LogP contribution in [0.4, 0.5) is 0 Å². The van der Waals surface area contributed by atoms with E-state index in [0.29, 0.717) is 0 Å². The zero-order valence-corrected chi connectivity index (χ0v) is 21.2. The molecule has 0 unspecified atom stereocenters. The van der Waals surface area contributed by atoms with Gasteiger partial charge in [-0.25, -0.2) is 0 Å². The van der Waals surface area contributed by atoms with E-state index in [1.165, 1.54) is 50.1 Å². The maximum atomic E-state index is 3.83. The Morgan fingerprint density at radius 1 is 0.367 bits per heavy atom. The molecule has 4 aromatic rings. The molecule has 0 bridgehead atoms. The lowest BCUT2D eigenvalue weighted by atomic mass is 9.81. The Hall–Kier alpha value is -1.68. The van der Waals surface area contributed by atoms with Gasteiger partial charge in [-0.05, 0) is 50.1 Å². The Balaban J connectivity index is 2.21. The van der Waals surface area contributed by atoms with Gasteiger partial charge in [-0.15, -0.1) is 0 Å². The molecule has 0 saturated heterocycles. The molecule has 0 nitrogen and oxygen atoms in total. The maximum Gasteiger partial charge on any atom is 0.0295 e. The van der Waals surface area contributed by atoms with E-state index in [9.17, 15) is 0 Å². The molecule has 3 heteroatoms. The first kappa shape index (κ1) is 21.5. The van der Waals surface area contributed by atoms with Gasteiger partial charge < -0.3 is 0 Å². The van der Waals surface area contributed by atoms with Crippen LogP contribution in [0.25, 0.3) is 33.4 Å². The summed E-state index contributed by atoms with van der Waals surface area (Å²) in [5.74, 6) is 0. The summed E-state index contributed by atoms with van der Waals surface area (Å²) in [4.78, 5) is 0. The van der Waals surface area contributed by atoms with Crippen LogP contribution < -0.4 is 0 Å². The molecule has 0 fully saturated rings. The van der Waals surface area contributed by atoms with Crippen molar-refractivity contribution < 1.29 is 0 Å². The molecule has 0 amide bonds. The fourth-order valence-corrected chi connectivity index (χ4v) is 5.86. The maximum absolute atomic E-state index is 3.83. The fourth-order valence-electron chi connectivity index (χ4n) is 4.18. The third kappa shape index (κ3) is 4.08. The van der Waals surface area contributed by atoms with Gasteiger partial charge in [0.2, 0.25) is 0 Å². The van der Waals surface area contributed by atoms with Crippen molar-refractivity contribution in [2.75, 3.05) is 0 Å². The average molecular weight is 585 g/mol. The topological polar surface area (TPSA) is 0 Å². The van der Waals surface area contributed by atoms with Gasteiger partial charge in [-0.2, -0.15) is 0 Å². The van der Waals surface area contributed by atoms with E-state index in [-0.39, 0.29) is 0 Å². The number of alkyl halides is 3. The summed E-state index contributed by atoms with van der Waals surface area (Å²) < 4.78 is 0. The molecule has 0 aliphatic carbocycles. The average Bonchev–Trinajstić information content (AvgIpc) is 2.83. The van der Waals surface area contributed by atoms with Gasteiger partial charge in [0, 0.05) is 16.0 Å². The Morgan fingerprint density at radius 2 is 0.600 bits per heavy atom. The van der Waals surface area contributed by atoms with Gasteiger partial charge >= 0.3 is 0 Å². The van der Waals surface area contributed by atoms with E-state index < -0.39 is 0 Å². The van der Waals surface area contributed by atoms with Gasteiger partial charge in [0.25, 0.3) is 0 Å². The Labute approximate surface area is 203 Å². The number of halogens is 3. The van der Waals surface area contributed by atoms with E-state index in [0.717, 1.165) is 16.0 Å². The second-order valence-electron chi connectivity index (χ2n) is 7.06. The summed E-state index contributed by atoms with van der Waals surface area (Å²) in [7, 11) is 0. The number of benzene rings is 4. The lowest BCUT2D eigenvalue weighted by Crippen LogP contribution is -2.05. The highest BCUT2D eigenvalue weighted by atomic mass is 79.9. The molecule has 0 N–H and O–H groups in total. The molecule has 0 heterocycles. The molecular weight excluding hydrogens is 564 g/mol. The lowest BCUT2D eigenvalue weighted by molar-refractivity contribution is 1.28. The van der Waals surface area contributed by atoms with Crippen LogP contribution in [0.1, 0.15) is 16.7 Å². The van der Waals surface area contributed by atoms with E-state index in [4.69, 9.17) is 0 Å². The molecular formula is C27H21Br3. The van der Waals surface area contributed by atoms with Crippen molar-refractivity contribution in [3.8, 4) is 33.4 Å². The van der Waals surface area contributed by atoms with Crippen LogP contribution in [-0.2, 0) is 16.0 Å². The van der Waals surface area contributed by atoms with E-state index in [2.05, 4.69) is 139 Å². The predicted octanol–water partition coefficient (Wildman–Crippen LogP) is 9.37. The first-order valence-electron chi connectivity index (χ1n) is 9.84. The first-order valence-corrected chi connectivity index (χ1v) is 13.2. The van der Waals surface area contributed by atoms with Crippen LogP contribution in [0, 0.1) is 0 Å². The van der Waals surface area contributed by atoms with Crippen molar-refractivity contribution in [2.45, 2.75) is 16.0 Å². The van der Waals surface area contributed by atoms with Crippen molar-refractivity contribution in [3.63, 3.8) is 0 Å². The van der Waals surface area contributed by atoms with E-state index >= 15 is 0 Å². The molecule has 0 atom stereocenters. The molecule has 0 aliphatic heterocycles. The summed E-state index contributed by atoms with van der Waals surface area (Å²) >= 11 is 11.5. The highest BCUT2D eigenvalue weighted by molar-refractivity contribution is 9.09. The van der Waals surface area contributed by atoms with Crippen molar-refractivity contribution >= 4 is 47.8 Å². The van der Waals surface area contributed by atoms with Crippen molar-refractivity contribution in [1.82, 2.24) is 0 Å². The first-order chi connectivity index (χ1) is 14.8. The molecule has 0 radical (unpaired) electrons. The van der Waals surface area contributed by atoms with Crippen LogP contribution in [-0.4, -0.2) is 0 Å². The molecule has 0 aliphatic rings. The van der Waals surface area contributed by atoms with Gasteiger partial charge in [0.05, 0.1) is 0 Å². The van der Waals surface area contributed by atoms with E-state index in [1.54, 1.807) is 0 Å². The standard InChI is InChI=1S/C27H21Br3/c28-16-22-25(19-10-4-1-5-11-19)23(17-29)27(21-14-8-3-9-15-21)24(18-30)26(22)20-12-6-2-7-13-20/h1-15H,16-18H2. The van der Waals surface area contributed by atoms with E-state index in [1.807, 2.05) is 0 Å². The van der Waals surface area contributed by atoms with Crippen LogP contribution in [0.2, 0.25) is 0 Å². The molecule has 0 spiro atoms. The zero-order valence-electron chi connectivity index (χ0n) is 16.4. The van der Waals surface area contributed by atoms with Crippen LogP contribution >= 0.6 is 47.8 Å². The van der Waals surface area contributed by atoms with Gasteiger partial charge in [-0.1, -0.05) is 139 Å². The van der Waals surface area contributed by atoms with Crippen molar-refractivity contribution in [3.05, 3.63) is 108 Å². The number of hydrogen-bond acceptors (Lipinski definition) is 0. The highest BCUT2D eigenvalue weighted by Gasteiger charge is 2.24. The number of hydrogen-bond donors (Lipinski definition) is 0. The SMILES string of the molecule is BrCc1c(-c2ccccc2)c(CBr)c(-c2ccccc2)c(CBr)c1-c1ccccc1. The minimum absolute atomic E-state index is 0.788. The Morgan fingerprint density at radius 3 is 0.800 bits per heavy atom. The molecule has 30 heavy (non-hydrogen) atoms. The molecule has 0 saturated carbocycles. The Bertz CT molecular complexity index is 954. The molecule has 0 aromatic heterocycles. The number of rotatable bonds is 6. The minimum Gasteiger partial charge on any atom is -0.0876 e. The minimum atomic E-state index is 0.788. The molecule has 150 valence electrons. The third-order valence-electron chi connectivity index (χ3n) is 5.40. The summed E-state index contributed by atoms with van der Waals surface area (Å²) in [6.07, 6.45) is 0. The van der Waals surface area contributed by atoms with Crippen LogP contribution in [0.15, 0.2) is 91.0 Å². The Kier molecular flexibility index (Phi) is 7.24. The highest BCUT2D eigenvalue weighted by Crippen LogP contribution is 2.46. The fraction of sp³-hybridized carbons (Fsp3) is 0.111. The largest absolute Gasteiger partial charge is 0.0876 e. The zero-order chi connectivity index (χ0) is 20.9.